The maximum atomic E-state index is 6.13. The van der Waals surface area contributed by atoms with E-state index in [2.05, 4.69) is 10.3 Å². The van der Waals surface area contributed by atoms with Gasteiger partial charge in [0, 0.05) is 42.5 Å². The van der Waals surface area contributed by atoms with Crippen molar-refractivity contribution in [2.75, 3.05) is 6.61 Å². The number of nitrogens with zero attached hydrogens (tertiary/aromatic N) is 1. The summed E-state index contributed by atoms with van der Waals surface area (Å²) >= 11 is 6.13. The summed E-state index contributed by atoms with van der Waals surface area (Å²) < 4.78 is 5.68. The van der Waals surface area contributed by atoms with E-state index >= 15 is 0 Å². The Morgan fingerprint density at radius 3 is 2.89 bits per heavy atom. The molecule has 0 saturated heterocycles. The van der Waals surface area contributed by atoms with Crippen molar-refractivity contribution < 1.29 is 4.74 Å². The molecule has 0 atom stereocenters. The Balaban J connectivity index is 1.67. The molecule has 1 N–H and O–H groups in total. The average molecular weight is 275 g/mol. The second-order valence-electron chi connectivity index (χ2n) is 4.61. The fraction of sp³-hybridized carbons (Fsp3) is 0.267. The monoisotopic (exact) mass is 274 g/mol. The molecule has 2 heterocycles. The molecule has 1 aliphatic rings. The molecule has 0 amide bonds. The van der Waals surface area contributed by atoms with Crippen molar-refractivity contribution in [1.82, 2.24) is 10.3 Å². The van der Waals surface area contributed by atoms with Gasteiger partial charge in [-0.2, -0.15) is 0 Å². The molecule has 1 aromatic carbocycles. The third-order valence-corrected chi connectivity index (χ3v) is 3.44. The average Bonchev–Trinajstić information content (AvgIpc) is 2.88. The van der Waals surface area contributed by atoms with Crippen molar-refractivity contribution in [1.29, 1.82) is 0 Å². The van der Waals surface area contributed by atoms with Gasteiger partial charge in [-0.05, 0) is 35.4 Å². The first-order valence-electron chi connectivity index (χ1n) is 6.36. The lowest BCUT2D eigenvalue weighted by atomic mass is 10.1. The van der Waals surface area contributed by atoms with Gasteiger partial charge in [0.05, 0.1) is 6.61 Å². The zero-order valence-corrected chi connectivity index (χ0v) is 11.3. The highest BCUT2D eigenvalue weighted by Crippen LogP contribution is 2.32. The van der Waals surface area contributed by atoms with E-state index in [1.165, 1.54) is 11.1 Å². The summed E-state index contributed by atoms with van der Waals surface area (Å²) in [5.41, 5.74) is 3.57. The molecule has 0 spiro atoms. The van der Waals surface area contributed by atoms with Crippen molar-refractivity contribution in [2.24, 2.45) is 0 Å². The van der Waals surface area contributed by atoms with Crippen molar-refractivity contribution in [3.05, 3.63) is 58.4 Å². The highest BCUT2D eigenvalue weighted by atomic mass is 35.5. The second kappa shape index (κ2) is 5.59. The molecule has 2 aromatic rings. The highest BCUT2D eigenvalue weighted by Gasteiger charge is 2.17. The second-order valence-corrected chi connectivity index (χ2v) is 5.05. The number of fused-ring (bicyclic) bond motifs is 1. The third-order valence-electron chi connectivity index (χ3n) is 3.22. The molecule has 0 fully saturated rings. The van der Waals surface area contributed by atoms with Crippen molar-refractivity contribution in [2.45, 2.75) is 19.5 Å². The van der Waals surface area contributed by atoms with E-state index in [0.717, 1.165) is 42.5 Å². The number of hydrogen-bond acceptors (Lipinski definition) is 3. The van der Waals surface area contributed by atoms with Crippen LogP contribution in [0.5, 0.6) is 5.75 Å². The summed E-state index contributed by atoms with van der Waals surface area (Å²) in [7, 11) is 0. The number of ether oxygens (including phenoxy) is 1. The van der Waals surface area contributed by atoms with Crippen molar-refractivity contribution in [3.63, 3.8) is 0 Å². The number of rotatable bonds is 4. The summed E-state index contributed by atoms with van der Waals surface area (Å²) in [6, 6.07) is 7.99. The van der Waals surface area contributed by atoms with Crippen LogP contribution in [0.2, 0.25) is 5.02 Å². The molecule has 3 rings (SSSR count). The molecule has 19 heavy (non-hydrogen) atoms. The van der Waals surface area contributed by atoms with Gasteiger partial charge in [0.25, 0.3) is 0 Å². The Morgan fingerprint density at radius 2 is 2.05 bits per heavy atom. The summed E-state index contributed by atoms with van der Waals surface area (Å²) in [4.78, 5) is 4.01. The number of halogens is 1. The largest absolute Gasteiger partial charge is 0.493 e. The standard InChI is InChI=1S/C15H15ClN2O/c16-14-7-12-3-6-19-15(12)13(8-14)10-18-9-11-1-4-17-5-2-11/h1-2,4-5,7-8,18H,3,6,9-10H2. The van der Waals surface area contributed by atoms with Gasteiger partial charge >= 0.3 is 0 Å². The molecule has 98 valence electrons. The van der Waals surface area contributed by atoms with Crippen LogP contribution in [0.25, 0.3) is 0 Å². The highest BCUT2D eigenvalue weighted by molar-refractivity contribution is 6.30. The minimum atomic E-state index is 0.755. The number of hydrogen-bond donors (Lipinski definition) is 1. The van der Waals surface area contributed by atoms with Gasteiger partial charge in [0.1, 0.15) is 5.75 Å². The van der Waals surface area contributed by atoms with Crippen LogP contribution in [0, 0.1) is 0 Å². The first-order chi connectivity index (χ1) is 9.33. The van der Waals surface area contributed by atoms with Gasteiger partial charge in [-0.3, -0.25) is 4.98 Å². The fourth-order valence-corrected chi connectivity index (χ4v) is 2.58. The summed E-state index contributed by atoms with van der Waals surface area (Å²) in [5, 5.41) is 4.19. The maximum absolute atomic E-state index is 6.13. The molecule has 0 aliphatic carbocycles. The van der Waals surface area contributed by atoms with E-state index in [-0.39, 0.29) is 0 Å². The van der Waals surface area contributed by atoms with E-state index in [9.17, 15) is 0 Å². The number of benzene rings is 1. The summed E-state index contributed by atoms with van der Waals surface area (Å²) in [6.45, 7) is 2.32. The predicted molar refractivity (Wildman–Crippen MR) is 75.4 cm³/mol. The van der Waals surface area contributed by atoms with Crippen LogP contribution in [0.4, 0.5) is 0 Å². The SMILES string of the molecule is Clc1cc2c(c(CNCc3ccncc3)c1)OCC2. The topological polar surface area (TPSA) is 34.2 Å². The van der Waals surface area contributed by atoms with Crippen LogP contribution in [-0.4, -0.2) is 11.6 Å². The molecule has 4 heteroatoms. The number of pyridine rings is 1. The lowest BCUT2D eigenvalue weighted by Gasteiger charge is -2.10. The van der Waals surface area contributed by atoms with Gasteiger partial charge in [0.2, 0.25) is 0 Å². The smallest absolute Gasteiger partial charge is 0.127 e. The molecule has 0 saturated carbocycles. The molecule has 0 bridgehead atoms. The predicted octanol–water partition coefficient (Wildman–Crippen LogP) is 2.96. The van der Waals surface area contributed by atoms with Crippen molar-refractivity contribution >= 4 is 11.6 Å². The van der Waals surface area contributed by atoms with E-state index in [4.69, 9.17) is 16.3 Å². The Hall–Kier alpha value is -1.58. The minimum absolute atomic E-state index is 0.755. The third kappa shape index (κ3) is 2.88. The van der Waals surface area contributed by atoms with E-state index in [1.54, 1.807) is 12.4 Å². The molecule has 1 aromatic heterocycles. The van der Waals surface area contributed by atoms with Gasteiger partial charge in [-0.15, -0.1) is 0 Å². The van der Waals surface area contributed by atoms with Crippen LogP contribution in [-0.2, 0) is 19.5 Å². The Kier molecular flexibility index (Phi) is 3.67. The number of aromatic nitrogens is 1. The van der Waals surface area contributed by atoms with E-state index in [1.807, 2.05) is 24.3 Å². The van der Waals surface area contributed by atoms with Crippen LogP contribution < -0.4 is 10.1 Å². The molecular weight excluding hydrogens is 260 g/mol. The Morgan fingerprint density at radius 1 is 1.21 bits per heavy atom. The minimum Gasteiger partial charge on any atom is -0.493 e. The Labute approximate surface area is 117 Å². The van der Waals surface area contributed by atoms with Crippen LogP contribution in [0.3, 0.4) is 0 Å². The van der Waals surface area contributed by atoms with E-state index < -0.39 is 0 Å². The lowest BCUT2D eigenvalue weighted by molar-refractivity contribution is 0.352. The maximum Gasteiger partial charge on any atom is 0.127 e. The molecular formula is C15H15ClN2O. The van der Waals surface area contributed by atoms with Gasteiger partial charge in [-0.1, -0.05) is 11.6 Å². The fourth-order valence-electron chi connectivity index (χ4n) is 2.32. The first kappa shape index (κ1) is 12.5. The first-order valence-corrected chi connectivity index (χ1v) is 6.74. The molecule has 1 aliphatic heterocycles. The molecule has 0 unspecified atom stereocenters. The number of nitrogens with one attached hydrogen (secondary N) is 1. The summed E-state index contributed by atoms with van der Waals surface area (Å²) in [6.07, 6.45) is 4.56. The quantitative estimate of drug-likeness (QED) is 0.931. The van der Waals surface area contributed by atoms with Crippen molar-refractivity contribution in [3.8, 4) is 5.75 Å². The van der Waals surface area contributed by atoms with Gasteiger partial charge in [-0.25, -0.2) is 0 Å². The Bertz CT molecular complexity index is 572. The van der Waals surface area contributed by atoms with E-state index in [0.29, 0.717) is 0 Å². The lowest BCUT2D eigenvalue weighted by Crippen LogP contribution is -2.13. The van der Waals surface area contributed by atoms with Crippen LogP contribution >= 0.6 is 11.6 Å². The zero-order valence-electron chi connectivity index (χ0n) is 10.5. The normalized spacial score (nSPS) is 13.1. The zero-order chi connectivity index (χ0) is 13.1. The summed E-state index contributed by atoms with van der Waals surface area (Å²) in [5.74, 6) is 1.01. The van der Waals surface area contributed by atoms with Gasteiger partial charge in [0.15, 0.2) is 0 Å². The molecule has 3 nitrogen and oxygen atoms in total. The van der Waals surface area contributed by atoms with Crippen LogP contribution in [0.1, 0.15) is 16.7 Å². The van der Waals surface area contributed by atoms with Gasteiger partial charge < -0.3 is 10.1 Å². The van der Waals surface area contributed by atoms with Crippen LogP contribution in [0.15, 0.2) is 36.7 Å². The molecule has 0 radical (unpaired) electrons.